The SMILES string of the molecule is COc1ccc(C(C)NC(=O)CCNC(=O)c2ccco2)c(OC)c1. The molecule has 0 spiro atoms. The third-order valence-corrected chi connectivity index (χ3v) is 3.67. The Hall–Kier alpha value is -2.96. The van der Waals surface area contributed by atoms with Gasteiger partial charge in [-0.1, -0.05) is 0 Å². The van der Waals surface area contributed by atoms with E-state index in [2.05, 4.69) is 10.6 Å². The van der Waals surface area contributed by atoms with Gasteiger partial charge in [0, 0.05) is 24.6 Å². The van der Waals surface area contributed by atoms with E-state index in [0.29, 0.717) is 11.5 Å². The van der Waals surface area contributed by atoms with Crippen LogP contribution in [-0.2, 0) is 4.79 Å². The summed E-state index contributed by atoms with van der Waals surface area (Å²) in [6.45, 7) is 2.08. The molecule has 0 aliphatic heterocycles. The molecule has 134 valence electrons. The van der Waals surface area contributed by atoms with E-state index in [9.17, 15) is 9.59 Å². The molecule has 1 atom stereocenters. The summed E-state index contributed by atoms with van der Waals surface area (Å²) in [4.78, 5) is 23.8. The van der Waals surface area contributed by atoms with Gasteiger partial charge in [-0.05, 0) is 31.2 Å². The maximum absolute atomic E-state index is 12.1. The van der Waals surface area contributed by atoms with Crippen LogP contribution in [-0.4, -0.2) is 32.6 Å². The van der Waals surface area contributed by atoms with E-state index in [1.807, 2.05) is 19.1 Å². The zero-order chi connectivity index (χ0) is 18.2. The lowest BCUT2D eigenvalue weighted by molar-refractivity contribution is -0.121. The van der Waals surface area contributed by atoms with Crippen molar-refractivity contribution in [3.8, 4) is 11.5 Å². The third-order valence-electron chi connectivity index (χ3n) is 3.67. The highest BCUT2D eigenvalue weighted by atomic mass is 16.5. The lowest BCUT2D eigenvalue weighted by Crippen LogP contribution is -2.32. The largest absolute Gasteiger partial charge is 0.497 e. The number of furan rings is 1. The van der Waals surface area contributed by atoms with E-state index in [-0.39, 0.29) is 36.6 Å². The van der Waals surface area contributed by atoms with Crippen molar-refractivity contribution in [1.29, 1.82) is 0 Å². The first-order chi connectivity index (χ1) is 12.0. The molecule has 0 bridgehead atoms. The summed E-state index contributed by atoms with van der Waals surface area (Å²) in [5.41, 5.74) is 0.844. The van der Waals surface area contributed by atoms with Gasteiger partial charge in [0.2, 0.25) is 5.91 Å². The Morgan fingerprint density at radius 1 is 1.20 bits per heavy atom. The highest BCUT2D eigenvalue weighted by Crippen LogP contribution is 2.29. The number of amides is 2. The fourth-order valence-electron chi connectivity index (χ4n) is 2.35. The van der Waals surface area contributed by atoms with E-state index in [1.165, 1.54) is 6.26 Å². The minimum absolute atomic E-state index is 0.162. The first-order valence-electron chi connectivity index (χ1n) is 7.88. The van der Waals surface area contributed by atoms with Crippen molar-refractivity contribution in [2.24, 2.45) is 0 Å². The van der Waals surface area contributed by atoms with Gasteiger partial charge in [0.15, 0.2) is 5.76 Å². The van der Waals surface area contributed by atoms with Gasteiger partial charge in [0.1, 0.15) is 11.5 Å². The van der Waals surface area contributed by atoms with Crippen LogP contribution in [0.2, 0.25) is 0 Å². The van der Waals surface area contributed by atoms with Crippen molar-refractivity contribution < 1.29 is 23.5 Å². The van der Waals surface area contributed by atoms with Crippen LogP contribution in [0.4, 0.5) is 0 Å². The minimum atomic E-state index is -0.345. The van der Waals surface area contributed by atoms with E-state index >= 15 is 0 Å². The number of methoxy groups -OCH3 is 2. The van der Waals surface area contributed by atoms with Gasteiger partial charge in [-0.15, -0.1) is 0 Å². The molecule has 25 heavy (non-hydrogen) atoms. The molecule has 2 amide bonds. The number of nitrogens with one attached hydrogen (secondary N) is 2. The summed E-state index contributed by atoms with van der Waals surface area (Å²) >= 11 is 0. The normalized spacial score (nSPS) is 11.5. The van der Waals surface area contributed by atoms with Gasteiger partial charge >= 0.3 is 0 Å². The van der Waals surface area contributed by atoms with Crippen molar-refractivity contribution in [3.63, 3.8) is 0 Å². The van der Waals surface area contributed by atoms with Gasteiger partial charge in [0.05, 0.1) is 26.5 Å². The average Bonchev–Trinajstić information content (AvgIpc) is 3.15. The first-order valence-corrected chi connectivity index (χ1v) is 7.88. The number of ether oxygens (including phenoxy) is 2. The molecule has 1 aromatic carbocycles. The first kappa shape index (κ1) is 18.4. The van der Waals surface area contributed by atoms with Crippen LogP contribution in [0, 0.1) is 0 Å². The fourth-order valence-corrected chi connectivity index (χ4v) is 2.35. The fraction of sp³-hybridized carbons (Fsp3) is 0.333. The molecule has 1 heterocycles. The average molecular weight is 346 g/mol. The van der Waals surface area contributed by atoms with Crippen molar-refractivity contribution in [1.82, 2.24) is 10.6 Å². The van der Waals surface area contributed by atoms with Crippen molar-refractivity contribution in [2.75, 3.05) is 20.8 Å². The molecule has 1 aromatic heterocycles. The summed E-state index contributed by atoms with van der Waals surface area (Å²) < 4.78 is 15.5. The molecule has 0 saturated carbocycles. The highest BCUT2D eigenvalue weighted by Gasteiger charge is 2.15. The summed E-state index contributed by atoms with van der Waals surface area (Å²) in [5, 5.41) is 5.51. The highest BCUT2D eigenvalue weighted by molar-refractivity contribution is 5.91. The van der Waals surface area contributed by atoms with Crippen molar-refractivity contribution in [2.45, 2.75) is 19.4 Å². The second-order valence-corrected chi connectivity index (χ2v) is 5.38. The number of hydrogen-bond acceptors (Lipinski definition) is 5. The quantitative estimate of drug-likeness (QED) is 0.765. The number of hydrogen-bond donors (Lipinski definition) is 2. The molecule has 0 aliphatic rings. The Kier molecular flexibility index (Phi) is 6.45. The standard InChI is InChI=1S/C18H22N2O5/c1-12(14-7-6-13(23-2)11-16(14)24-3)20-17(21)8-9-19-18(22)15-5-4-10-25-15/h4-7,10-12H,8-9H2,1-3H3,(H,19,22)(H,20,21). The van der Waals surface area contributed by atoms with Gasteiger partial charge in [-0.25, -0.2) is 0 Å². The minimum Gasteiger partial charge on any atom is -0.497 e. The van der Waals surface area contributed by atoms with Gasteiger partial charge < -0.3 is 24.5 Å². The van der Waals surface area contributed by atoms with Crippen LogP contribution in [0.5, 0.6) is 11.5 Å². The monoisotopic (exact) mass is 346 g/mol. The molecule has 1 unspecified atom stereocenters. The van der Waals surface area contributed by atoms with Crippen LogP contribution >= 0.6 is 0 Å². The van der Waals surface area contributed by atoms with E-state index in [1.54, 1.807) is 32.4 Å². The zero-order valence-electron chi connectivity index (χ0n) is 14.5. The Balaban J connectivity index is 1.84. The predicted octanol–water partition coefficient (Wildman–Crippen LogP) is 2.29. The maximum atomic E-state index is 12.1. The van der Waals surface area contributed by atoms with Crippen LogP contribution in [0.25, 0.3) is 0 Å². The maximum Gasteiger partial charge on any atom is 0.286 e. The Morgan fingerprint density at radius 2 is 2.00 bits per heavy atom. The molecule has 2 rings (SSSR count). The number of carbonyl (C=O) groups is 2. The molecular weight excluding hydrogens is 324 g/mol. The van der Waals surface area contributed by atoms with Crippen LogP contribution in [0.1, 0.15) is 35.5 Å². The van der Waals surface area contributed by atoms with Crippen LogP contribution < -0.4 is 20.1 Å². The second kappa shape index (κ2) is 8.77. The molecule has 7 nitrogen and oxygen atoms in total. The molecule has 0 radical (unpaired) electrons. The molecular formula is C18H22N2O5. The van der Waals surface area contributed by atoms with Crippen molar-refractivity contribution >= 4 is 11.8 Å². The lowest BCUT2D eigenvalue weighted by atomic mass is 10.1. The number of benzene rings is 1. The van der Waals surface area contributed by atoms with Gasteiger partial charge in [-0.3, -0.25) is 9.59 Å². The summed E-state index contributed by atoms with van der Waals surface area (Å²) in [6.07, 6.45) is 1.58. The topological polar surface area (TPSA) is 89.8 Å². The number of rotatable bonds is 8. The molecule has 2 aromatic rings. The van der Waals surface area contributed by atoms with Crippen LogP contribution in [0.15, 0.2) is 41.0 Å². The lowest BCUT2D eigenvalue weighted by Gasteiger charge is -2.18. The van der Waals surface area contributed by atoms with E-state index < -0.39 is 0 Å². The molecule has 0 saturated heterocycles. The van der Waals surface area contributed by atoms with E-state index in [0.717, 1.165) is 5.56 Å². The van der Waals surface area contributed by atoms with Crippen molar-refractivity contribution in [3.05, 3.63) is 47.9 Å². The van der Waals surface area contributed by atoms with E-state index in [4.69, 9.17) is 13.9 Å². The molecule has 2 N–H and O–H groups in total. The Bertz CT molecular complexity index is 712. The number of carbonyl (C=O) groups excluding carboxylic acids is 2. The van der Waals surface area contributed by atoms with Crippen LogP contribution in [0.3, 0.4) is 0 Å². The Labute approximate surface area is 146 Å². The smallest absolute Gasteiger partial charge is 0.286 e. The van der Waals surface area contributed by atoms with Gasteiger partial charge in [0.25, 0.3) is 5.91 Å². The molecule has 7 heteroatoms. The summed E-state index contributed by atoms with van der Waals surface area (Å²) in [5.74, 6) is 1.02. The summed E-state index contributed by atoms with van der Waals surface area (Å²) in [6, 6.07) is 8.38. The summed E-state index contributed by atoms with van der Waals surface area (Å²) in [7, 11) is 3.15. The van der Waals surface area contributed by atoms with Gasteiger partial charge in [-0.2, -0.15) is 0 Å². The molecule has 0 aliphatic carbocycles. The second-order valence-electron chi connectivity index (χ2n) is 5.38. The third kappa shape index (κ3) is 5.00. The Morgan fingerprint density at radius 3 is 2.64 bits per heavy atom. The zero-order valence-corrected chi connectivity index (χ0v) is 14.5. The molecule has 0 fully saturated rings. The predicted molar refractivity (Wildman–Crippen MR) is 91.8 cm³/mol.